The van der Waals surface area contributed by atoms with E-state index < -0.39 is 11.6 Å². The number of carbonyl (C=O) groups excluding carboxylic acids is 3. The molecule has 3 N–H and O–H groups in total. The Morgan fingerprint density at radius 3 is 2.88 bits per heavy atom. The molecule has 2 heterocycles. The highest BCUT2D eigenvalue weighted by Crippen LogP contribution is 2.37. The maximum Gasteiger partial charge on any atom is 0.322 e. The van der Waals surface area contributed by atoms with Gasteiger partial charge < -0.3 is 15.1 Å². The van der Waals surface area contributed by atoms with Crippen LogP contribution in [-0.4, -0.2) is 29.9 Å². The molecule has 1 aliphatic carbocycles. The third-order valence-corrected chi connectivity index (χ3v) is 5.35. The molecule has 4 amide bonds. The molecule has 2 aliphatic rings. The number of urea groups is 1. The zero-order valence-corrected chi connectivity index (χ0v) is 13.8. The summed E-state index contributed by atoms with van der Waals surface area (Å²) in [5.41, 5.74) is 0.568. The standard InChI is InChI=1S/C18H19N3O4/c1-10-12-6-2-3-7-13(12)25-14(10)15(22)19-9-11-5-4-8-18(11)16(23)20-17(24)21-18/h2-3,6-7,11H,4-5,8-9H2,1H3,(H,19,22)(H2,20,21,23,24). The second kappa shape index (κ2) is 5.61. The fourth-order valence-electron chi connectivity index (χ4n) is 4.01. The molecule has 2 fully saturated rings. The van der Waals surface area contributed by atoms with Gasteiger partial charge in [0.2, 0.25) is 0 Å². The number of hydrogen-bond acceptors (Lipinski definition) is 4. The molecule has 1 saturated heterocycles. The molecule has 2 atom stereocenters. The summed E-state index contributed by atoms with van der Waals surface area (Å²) in [6.07, 6.45) is 2.19. The van der Waals surface area contributed by atoms with Gasteiger partial charge in [0.1, 0.15) is 11.1 Å². The van der Waals surface area contributed by atoms with E-state index in [1.807, 2.05) is 31.2 Å². The van der Waals surface area contributed by atoms with Gasteiger partial charge >= 0.3 is 6.03 Å². The van der Waals surface area contributed by atoms with Crippen LogP contribution < -0.4 is 16.0 Å². The van der Waals surface area contributed by atoms with Crippen LogP contribution in [0.25, 0.3) is 11.0 Å². The molecule has 1 spiro atoms. The monoisotopic (exact) mass is 341 g/mol. The van der Waals surface area contributed by atoms with E-state index in [0.717, 1.165) is 23.8 Å². The number of hydrogen-bond donors (Lipinski definition) is 3. The first kappa shape index (κ1) is 15.7. The molecule has 1 saturated carbocycles. The average molecular weight is 341 g/mol. The summed E-state index contributed by atoms with van der Waals surface area (Å²) in [5.74, 6) is -0.449. The van der Waals surface area contributed by atoms with Crippen LogP contribution in [0.1, 0.15) is 35.4 Å². The number of rotatable bonds is 3. The molecule has 7 nitrogen and oxygen atoms in total. The summed E-state index contributed by atoms with van der Waals surface area (Å²) < 4.78 is 5.67. The van der Waals surface area contributed by atoms with E-state index in [1.165, 1.54) is 0 Å². The molecule has 4 rings (SSSR count). The summed E-state index contributed by atoms with van der Waals surface area (Å²) >= 11 is 0. The van der Waals surface area contributed by atoms with Gasteiger partial charge in [-0.3, -0.25) is 14.9 Å². The lowest BCUT2D eigenvalue weighted by Gasteiger charge is -2.28. The number of benzene rings is 1. The van der Waals surface area contributed by atoms with Gasteiger partial charge in [-0.15, -0.1) is 0 Å². The summed E-state index contributed by atoms with van der Waals surface area (Å²) in [4.78, 5) is 36.2. The predicted molar refractivity (Wildman–Crippen MR) is 90.0 cm³/mol. The van der Waals surface area contributed by atoms with Crippen LogP contribution in [0.5, 0.6) is 0 Å². The van der Waals surface area contributed by atoms with Crippen LogP contribution in [0.2, 0.25) is 0 Å². The van der Waals surface area contributed by atoms with Crippen LogP contribution in [-0.2, 0) is 4.79 Å². The second-order valence-corrected chi connectivity index (χ2v) is 6.73. The number of fused-ring (bicyclic) bond motifs is 1. The summed E-state index contributed by atoms with van der Waals surface area (Å²) in [6, 6.07) is 7.03. The van der Waals surface area contributed by atoms with Gasteiger partial charge in [0, 0.05) is 23.4 Å². The van der Waals surface area contributed by atoms with Gasteiger partial charge in [-0.05, 0) is 25.8 Å². The van der Waals surface area contributed by atoms with Crippen LogP contribution >= 0.6 is 0 Å². The molecule has 7 heteroatoms. The Balaban J connectivity index is 1.51. The largest absolute Gasteiger partial charge is 0.451 e. The fourth-order valence-corrected chi connectivity index (χ4v) is 4.01. The highest BCUT2D eigenvalue weighted by molar-refractivity contribution is 6.07. The topological polar surface area (TPSA) is 100 Å². The number of carbonyl (C=O) groups is 3. The quantitative estimate of drug-likeness (QED) is 0.742. The van der Waals surface area contributed by atoms with Crippen molar-refractivity contribution in [2.75, 3.05) is 6.54 Å². The van der Waals surface area contributed by atoms with Gasteiger partial charge in [0.05, 0.1) is 0 Å². The zero-order chi connectivity index (χ0) is 17.6. The van der Waals surface area contributed by atoms with Crippen molar-refractivity contribution < 1.29 is 18.8 Å². The normalized spacial score (nSPS) is 25.4. The van der Waals surface area contributed by atoms with E-state index in [-0.39, 0.29) is 23.5 Å². The van der Waals surface area contributed by atoms with Gasteiger partial charge in [0.15, 0.2) is 5.76 Å². The Labute approximate surface area is 144 Å². The van der Waals surface area contributed by atoms with E-state index in [4.69, 9.17) is 4.42 Å². The average Bonchev–Trinajstić information content (AvgIpc) is 3.23. The number of amides is 4. The zero-order valence-electron chi connectivity index (χ0n) is 13.8. The Hall–Kier alpha value is -2.83. The van der Waals surface area contributed by atoms with Crippen molar-refractivity contribution in [3.05, 3.63) is 35.6 Å². The van der Waals surface area contributed by atoms with Crippen LogP contribution in [0.15, 0.2) is 28.7 Å². The molecule has 130 valence electrons. The first-order chi connectivity index (χ1) is 12.0. The first-order valence-corrected chi connectivity index (χ1v) is 8.41. The third kappa shape index (κ3) is 2.38. The van der Waals surface area contributed by atoms with E-state index in [1.54, 1.807) is 0 Å². The lowest BCUT2D eigenvalue weighted by Crippen LogP contribution is -2.53. The number of para-hydroxylation sites is 1. The summed E-state index contributed by atoms with van der Waals surface area (Å²) in [5, 5.41) is 8.83. The Kier molecular flexibility index (Phi) is 3.52. The molecule has 1 aliphatic heterocycles. The van der Waals surface area contributed by atoms with E-state index in [9.17, 15) is 14.4 Å². The third-order valence-electron chi connectivity index (χ3n) is 5.35. The lowest BCUT2D eigenvalue weighted by atomic mass is 9.87. The van der Waals surface area contributed by atoms with E-state index >= 15 is 0 Å². The molecule has 1 aromatic heterocycles. The van der Waals surface area contributed by atoms with Crippen molar-refractivity contribution >= 4 is 28.8 Å². The predicted octanol–water partition coefficient (Wildman–Crippen LogP) is 1.85. The highest BCUT2D eigenvalue weighted by atomic mass is 16.3. The van der Waals surface area contributed by atoms with Crippen LogP contribution in [0.4, 0.5) is 4.79 Å². The molecule has 0 bridgehead atoms. The summed E-state index contributed by atoms with van der Waals surface area (Å²) in [6.45, 7) is 2.16. The molecule has 2 aromatic rings. The van der Waals surface area contributed by atoms with E-state index in [2.05, 4.69) is 16.0 Å². The molecule has 0 radical (unpaired) electrons. The second-order valence-electron chi connectivity index (χ2n) is 6.73. The molecular formula is C18H19N3O4. The van der Waals surface area contributed by atoms with Gasteiger partial charge in [-0.25, -0.2) is 4.79 Å². The number of nitrogens with one attached hydrogen (secondary N) is 3. The lowest BCUT2D eigenvalue weighted by molar-refractivity contribution is -0.125. The van der Waals surface area contributed by atoms with Gasteiger partial charge in [-0.2, -0.15) is 0 Å². The fraction of sp³-hybridized carbons (Fsp3) is 0.389. The smallest absolute Gasteiger partial charge is 0.322 e. The maximum atomic E-state index is 12.5. The molecule has 1 aromatic carbocycles. The van der Waals surface area contributed by atoms with Crippen LogP contribution in [0, 0.1) is 12.8 Å². The minimum Gasteiger partial charge on any atom is -0.451 e. The van der Waals surface area contributed by atoms with Crippen molar-refractivity contribution in [2.24, 2.45) is 5.92 Å². The molecular weight excluding hydrogens is 322 g/mol. The van der Waals surface area contributed by atoms with Crippen molar-refractivity contribution in [3.8, 4) is 0 Å². The maximum absolute atomic E-state index is 12.5. The summed E-state index contributed by atoms with van der Waals surface area (Å²) in [7, 11) is 0. The van der Waals surface area contributed by atoms with Crippen molar-refractivity contribution in [1.82, 2.24) is 16.0 Å². The Morgan fingerprint density at radius 1 is 1.36 bits per heavy atom. The number of imide groups is 1. The minimum atomic E-state index is -0.896. The van der Waals surface area contributed by atoms with Crippen molar-refractivity contribution in [1.29, 1.82) is 0 Å². The minimum absolute atomic E-state index is 0.132. The van der Waals surface area contributed by atoms with E-state index in [0.29, 0.717) is 18.5 Å². The Bertz CT molecular complexity index is 888. The van der Waals surface area contributed by atoms with Crippen molar-refractivity contribution in [3.63, 3.8) is 0 Å². The SMILES string of the molecule is Cc1c(C(=O)NCC2CCCC23NC(=O)NC3=O)oc2ccccc12. The van der Waals surface area contributed by atoms with Crippen molar-refractivity contribution in [2.45, 2.75) is 31.7 Å². The number of aryl methyl sites for hydroxylation is 1. The Morgan fingerprint density at radius 2 is 2.16 bits per heavy atom. The molecule has 25 heavy (non-hydrogen) atoms. The highest BCUT2D eigenvalue weighted by Gasteiger charge is 2.54. The van der Waals surface area contributed by atoms with Crippen LogP contribution in [0.3, 0.4) is 0 Å². The molecule has 2 unspecified atom stereocenters. The van der Waals surface area contributed by atoms with Gasteiger partial charge in [0.25, 0.3) is 11.8 Å². The number of furan rings is 1. The van der Waals surface area contributed by atoms with Gasteiger partial charge in [-0.1, -0.05) is 24.6 Å². The first-order valence-electron chi connectivity index (χ1n) is 8.41.